The second-order valence-electron chi connectivity index (χ2n) is 4.57. The number of esters is 1. The molecule has 1 aliphatic rings. The Kier molecular flexibility index (Phi) is 3.76. The van der Waals surface area contributed by atoms with Crippen molar-refractivity contribution in [2.45, 2.75) is 31.2 Å². The highest BCUT2D eigenvalue weighted by atomic mass is 16.5. The van der Waals surface area contributed by atoms with Gasteiger partial charge in [-0.3, -0.25) is 0 Å². The van der Waals surface area contributed by atoms with Gasteiger partial charge in [-0.25, -0.2) is 14.8 Å². The molecule has 1 aromatic rings. The molecule has 0 bridgehead atoms. The molecule has 0 aliphatic heterocycles. The summed E-state index contributed by atoms with van der Waals surface area (Å²) in [6, 6.07) is 1.74. The Morgan fingerprint density at radius 1 is 1.56 bits per heavy atom. The molecular weight excluding hydrogens is 232 g/mol. The van der Waals surface area contributed by atoms with E-state index in [1.807, 2.05) is 0 Å². The van der Waals surface area contributed by atoms with Gasteiger partial charge in [0.05, 0.1) is 12.6 Å². The lowest BCUT2D eigenvalue weighted by atomic mass is 9.98. The number of ether oxygens (including phenoxy) is 1. The second-order valence-corrected chi connectivity index (χ2v) is 4.57. The first-order valence-corrected chi connectivity index (χ1v) is 6.09. The highest BCUT2D eigenvalue weighted by Gasteiger charge is 2.32. The van der Waals surface area contributed by atoms with E-state index < -0.39 is 5.97 Å². The van der Waals surface area contributed by atoms with Gasteiger partial charge >= 0.3 is 5.97 Å². The van der Waals surface area contributed by atoms with Crippen molar-refractivity contribution in [2.24, 2.45) is 5.73 Å². The molecule has 0 unspecified atom stereocenters. The molecule has 1 aromatic heterocycles. The summed E-state index contributed by atoms with van der Waals surface area (Å²) in [7, 11) is 1.31. The van der Waals surface area contributed by atoms with Crippen LogP contribution in [0.15, 0.2) is 12.3 Å². The number of nitrogens with two attached hydrogens (primary N) is 1. The molecule has 2 rings (SSSR count). The average molecular weight is 250 g/mol. The molecule has 3 N–H and O–H groups in total. The van der Waals surface area contributed by atoms with Gasteiger partial charge in [0.25, 0.3) is 0 Å². The van der Waals surface area contributed by atoms with Crippen molar-refractivity contribution >= 4 is 11.8 Å². The molecule has 1 aliphatic carbocycles. The van der Waals surface area contributed by atoms with Crippen LogP contribution in [0.5, 0.6) is 0 Å². The molecule has 18 heavy (non-hydrogen) atoms. The summed E-state index contributed by atoms with van der Waals surface area (Å²) in [5.41, 5.74) is 5.75. The lowest BCUT2D eigenvalue weighted by molar-refractivity contribution is 0.0587. The van der Waals surface area contributed by atoms with Gasteiger partial charge in [0, 0.05) is 12.7 Å². The Hall–Kier alpha value is -1.69. The quantitative estimate of drug-likeness (QED) is 0.773. The Labute approximate surface area is 106 Å². The van der Waals surface area contributed by atoms with Gasteiger partial charge in [0.1, 0.15) is 5.82 Å². The molecule has 98 valence electrons. The summed E-state index contributed by atoms with van der Waals surface area (Å²) in [6.45, 7) is 0.560. The fourth-order valence-corrected chi connectivity index (χ4v) is 2.32. The van der Waals surface area contributed by atoms with Crippen LogP contribution in [0.1, 0.15) is 36.3 Å². The number of hydrogen-bond donors (Lipinski definition) is 2. The maximum Gasteiger partial charge on any atom is 0.376 e. The second kappa shape index (κ2) is 5.30. The molecule has 0 amide bonds. The van der Waals surface area contributed by atoms with Gasteiger partial charge in [-0.2, -0.15) is 0 Å². The summed E-state index contributed by atoms with van der Waals surface area (Å²) in [6.07, 6.45) is 5.93. The first kappa shape index (κ1) is 12.8. The van der Waals surface area contributed by atoms with Crippen LogP contribution in [-0.4, -0.2) is 35.1 Å². The Bertz CT molecular complexity index is 430. The molecule has 0 saturated heterocycles. The van der Waals surface area contributed by atoms with E-state index in [0.717, 1.165) is 12.8 Å². The third-order valence-electron chi connectivity index (χ3n) is 3.37. The fraction of sp³-hybridized carbons (Fsp3) is 0.583. The predicted octanol–water partition coefficient (Wildman–Crippen LogP) is 0.947. The summed E-state index contributed by atoms with van der Waals surface area (Å²) >= 11 is 0. The maximum atomic E-state index is 11.4. The van der Waals surface area contributed by atoms with Crippen molar-refractivity contribution in [1.29, 1.82) is 0 Å². The normalized spacial score (nSPS) is 17.4. The SMILES string of the molecule is COC(=O)c1nccc(NC2(CN)CCCC2)n1. The highest BCUT2D eigenvalue weighted by Crippen LogP contribution is 2.31. The van der Waals surface area contributed by atoms with Crippen molar-refractivity contribution in [3.05, 3.63) is 18.1 Å². The predicted molar refractivity (Wildman–Crippen MR) is 67.2 cm³/mol. The molecule has 0 atom stereocenters. The number of hydrogen-bond acceptors (Lipinski definition) is 6. The van der Waals surface area contributed by atoms with E-state index in [-0.39, 0.29) is 11.4 Å². The number of anilines is 1. The lowest BCUT2D eigenvalue weighted by Crippen LogP contribution is -2.43. The minimum atomic E-state index is -0.535. The van der Waals surface area contributed by atoms with E-state index in [2.05, 4.69) is 20.0 Å². The zero-order valence-corrected chi connectivity index (χ0v) is 10.5. The standard InChI is InChI=1S/C12H18N4O2/c1-18-11(17)10-14-7-4-9(15-10)16-12(8-13)5-2-3-6-12/h4,7H,2-3,5-6,8,13H2,1H3,(H,14,15,16). The van der Waals surface area contributed by atoms with Gasteiger partial charge in [-0.05, 0) is 18.9 Å². The van der Waals surface area contributed by atoms with E-state index in [9.17, 15) is 4.79 Å². The first-order valence-electron chi connectivity index (χ1n) is 6.09. The van der Waals surface area contributed by atoms with Crippen molar-refractivity contribution in [3.63, 3.8) is 0 Å². The molecule has 1 fully saturated rings. The van der Waals surface area contributed by atoms with E-state index in [1.54, 1.807) is 12.3 Å². The molecule has 0 spiro atoms. The van der Waals surface area contributed by atoms with Gasteiger partial charge in [-0.1, -0.05) is 12.8 Å². The van der Waals surface area contributed by atoms with Crippen LogP contribution in [0, 0.1) is 0 Å². The van der Waals surface area contributed by atoms with Crippen LogP contribution in [-0.2, 0) is 4.74 Å². The summed E-state index contributed by atoms with van der Waals surface area (Å²) < 4.78 is 4.60. The van der Waals surface area contributed by atoms with E-state index >= 15 is 0 Å². The van der Waals surface area contributed by atoms with Crippen LogP contribution >= 0.6 is 0 Å². The maximum absolute atomic E-state index is 11.4. The number of carbonyl (C=O) groups is 1. The van der Waals surface area contributed by atoms with Gasteiger partial charge in [0.15, 0.2) is 0 Å². The number of aromatic nitrogens is 2. The Morgan fingerprint density at radius 3 is 2.89 bits per heavy atom. The first-order chi connectivity index (χ1) is 8.69. The van der Waals surface area contributed by atoms with Gasteiger partial charge in [0.2, 0.25) is 5.82 Å². The van der Waals surface area contributed by atoms with Crippen molar-refractivity contribution < 1.29 is 9.53 Å². The van der Waals surface area contributed by atoms with Crippen LogP contribution in [0.3, 0.4) is 0 Å². The van der Waals surface area contributed by atoms with Crippen LogP contribution in [0.25, 0.3) is 0 Å². The van der Waals surface area contributed by atoms with Crippen molar-refractivity contribution in [1.82, 2.24) is 9.97 Å². The van der Waals surface area contributed by atoms with Crippen LogP contribution < -0.4 is 11.1 Å². The smallest absolute Gasteiger partial charge is 0.376 e. The van der Waals surface area contributed by atoms with E-state index in [4.69, 9.17) is 5.73 Å². The summed E-state index contributed by atoms with van der Waals surface area (Å²) in [4.78, 5) is 19.4. The zero-order chi connectivity index (χ0) is 13.0. The number of carbonyl (C=O) groups excluding carboxylic acids is 1. The summed E-state index contributed by atoms with van der Waals surface area (Å²) in [5.74, 6) is 0.150. The van der Waals surface area contributed by atoms with Crippen molar-refractivity contribution in [2.75, 3.05) is 19.0 Å². The molecule has 6 nitrogen and oxygen atoms in total. The molecule has 0 radical (unpaired) electrons. The fourth-order valence-electron chi connectivity index (χ4n) is 2.32. The summed E-state index contributed by atoms with van der Waals surface area (Å²) in [5, 5.41) is 3.34. The minimum absolute atomic E-state index is 0.0627. The number of nitrogens with zero attached hydrogens (tertiary/aromatic N) is 2. The Morgan fingerprint density at radius 2 is 2.28 bits per heavy atom. The average Bonchev–Trinajstić information content (AvgIpc) is 2.87. The third kappa shape index (κ3) is 2.59. The molecule has 1 saturated carbocycles. The largest absolute Gasteiger partial charge is 0.463 e. The molecular formula is C12H18N4O2. The highest BCUT2D eigenvalue weighted by molar-refractivity contribution is 5.85. The zero-order valence-electron chi connectivity index (χ0n) is 10.5. The number of nitrogens with one attached hydrogen (secondary N) is 1. The lowest BCUT2D eigenvalue weighted by Gasteiger charge is -2.29. The van der Waals surface area contributed by atoms with Crippen LogP contribution in [0.2, 0.25) is 0 Å². The number of methoxy groups -OCH3 is 1. The van der Waals surface area contributed by atoms with Crippen LogP contribution in [0.4, 0.5) is 5.82 Å². The molecule has 0 aromatic carbocycles. The monoisotopic (exact) mass is 250 g/mol. The molecule has 6 heteroatoms. The minimum Gasteiger partial charge on any atom is -0.463 e. The molecule has 1 heterocycles. The topological polar surface area (TPSA) is 90.1 Å². The Balaban J connectivity index is 2.16. The van der Waals surface area contributed by atoms with E-state index in [1.165, 1.54) is 20.0 Å². The number of rotatable bonds is 4. The third-order valence-corrected chi connectivity index (χ3v) is 3.37. The van der Waals surface area contributed by atoms with Gasteiger partial charge < -0.3 is 15.8 Å². The van der Waals surface area contributed by atoms with Crippen molar-refractivity contribution in [3.8, 4) is 0 Å². The van der Waals surface area contributed by atoms with E-state index in [0.29, 0.717) is 12.4 Å². The van der Waals surface area contributed by atoms with Gasteiger partial charge in [-0.15, -0.1) is 0 Å².